The summed E-state index contributed by atoms with van der Waals surface area (Å²) in [6.45, 7) is 0. The number of amides is 2. The lowest BCUT2D eigenvalue weighted by Gasteiger charge is -2.23. The Bertz CT molecular complexity index is 1120. The number of carbonyl (C=O) groups excluding carboxylic acids is 3. The molecule has 0 spiro atoms. The minimum atomic E-state index is -0.902. The molecule has 0 unspecified atom stereocenters. The highest BCUT2D eigenvalue weighted by molar-refractivity contribution is 6.05. The van der Waals surface area contributed by atoms with Gasteiger partial charge in [0.15, 0.2) is 6.10 Å². The summed E-state index contributed by atoms with van der Waals surface area (Å²) in [6.07, 6.45) is -0.587. The summed E-state index contributed by atoms with van der Waals surface area (Å²) in [5, 5.41) is 5.53. The molecule has 4 rings (SSSR count). The molecule has 1 aliphatic heterocycles. The van der Waals surface area contributed by atoms with Gasteiger partial charge >= 0.3 is 5.97 Å². The maximum Gasteiger partial charge on any atom is 0.339 e. The van der Waals surface area contributed by atoms with Gasteiger partial charge in [-0.2, -0.15) is 0 Å². The average Bonchev–Trinajstić information content (AvgIpc) is 2.80. The van der Waals surface area contributed by atoms with Crippen molar-refractivity contribution in [3.63, 3.8) is 0 Å². The highest BCUT2D eigenvalue weighted by atomic mass is 16.5. The lowest BCUT2D eigenvalue weighted by atomic mass is 9.98. The number of ether oxygens (including phenoxy) is 2. The first-order valence-corrected chi connectivity index (χ1v) is 9.69. The number of esters is 1. The van der Waals surface area contributed by atoms with E-state index in [-0.39, 0.29) is 5.91 Å². The van der Waals surface area contributed by atoms with Crippen LogP contribution < -0.4 is 15.4 Å². The van der Waals surface area contributed by atoms with Crippen LogP contribution in [0, 0.1) is 0 Å². The molecule has 7 heteroatoms. The molecule has 0 aliphatic carbocycles. The third kappa shape index (κ3) is 4.56. The fraction of sp³-hybridized carbons (Fsp3) is 0.125. The van der Waals surface area contributed by atoms with Crippen LogP contribution in [0.1, 0.15) is 26.3 Å². The SMILES string of the molecule is COc1ccc(NC(=O)c2ccc(NC(=O)[C@@H]3Cc4ccccc4C(=O)O3)cc2)cc1. The van der Waals surface area contributed by atoms with Crippen molar-refractivity contribution in [3.05, 3.63) is 89.5 Å². The molecule has 0 aromatic heterocycles. The second kappa shape index (κ2) is 8.71. The number of carbonyl (C=O) groups is 3. The number of hydrogen-bond acceptors (Lipinski definition) is 5. The van der Waals surface area contributed by atoms with Crippen molar-refractivity contribution in [1.29, 1.82) is 0 Å². The third-order valence-corrected chi connectivity index (χ3v) is 4.95. The molecule has 3 aromatic rings. The van der Waals surface area contributed by atoms with Crippen molar-refractivity contribution < 1.29 is 23.9 Å². The van der Waals surface area contributed by atoms with Crippen LogP contribution >= 0.6 is 0 Å². The van der Waals surface area contributed by atoms with Crippen LogP contribution in [0.25, 0.3) is 0 Å². The van der Waals surface area contributed by atoms with Gasteiger partial charge in [-0.1, -0.05) is 18.2 Å². The minimum Gasteiger partial charge on any atom is -0.497 e. The first-order valence-electron chi connectivity index (χ1n) is 9.69. The molecule has 3 aromatic carbocycles. The van der Waals surface area contributed by atoms with Gasteiger partial charge in [0.25, 0.3) is 11.8 Å². The van der Waals surface area contributed by atoms with Crippen LogP contribution in [0.2, 0.25) is 0 Å². The normalized spacial score (nSPS) is 14.7. The number of fused-ring (bicyclic) bond motifs is 1. The highest BCUT2D eigenvalue weighted by Crippen LogP contribution is 2.22. The summed E-state index contributed by atoms with van der Waals surface area (Å²) in [6, 6.07) is 20.5. The van der Waals surface area contributed by atoms with Gasteiger partial charge in [-0.25, -0.2) is 4.79 Å². The maximum absolute atomic E-state index is 12.6. The van der Waals surface area contributed by atoms with Gasteiger partial charge in [-0.05, 0) is 60.2 Å². The Labute approximate surface area is 179 Å². The molecule has 156 valence electrons. The van der Waals surface area contributed by atoms with Gasteiger partial charge in [-0.3, -0.25) is 9.59 Å². The molecule has 2 amide bonds. The van der Waals surface area contributed by atoms with E-state index in [1.807, 2.05) is 12.1 Å². The Balaban J connectivity index is 1.37. The van der Waals surface area contributed by atoms with Crippen molar-refractivity contribution in [2.75, 3.05) is 17.7 Å². The summed E-state index contributed by atoms with van der Waals surface area (Å²) in [5.41, 5.74) is 2.85. The maximum atomic E-state index is 12.6. The lowest BCUT2D eigenvalue weighted by molar-refractivity contribution is -0.125. The van der Waals surface area contributed by atoms with Crippen LogP contribution in [0.15, 0.2) is 72.8 Å². The van der Waals surface area contributed by atoms with Gasteiger partial charge in [0.2, 0.25) is 0 Å². The predicted molar refractivity (Wildman–Crippen MR) is 115 cm³/mol. The minimum absolute atomic E-state index is 0.277. The van der Waals surface area contributed by atoms with Gasteiger partial charge in [0, 0.05) is 23.4 Å². The number of hydrogen-bond donors (Lipinski definition) is 2. The van der Waals surface area contributed by atoms with Crippen LogP contribution in [0.4, 0.5) is 11.4 Å². The molecule has 1 heterocycles. The van der Waals surface area contributed by atoms with Crippen LogP contribution in [-0.4, -0.2) is 31.0 Å². The smallest absolute Gasteiger partial charge is 0.339 e. The quantitative estimate of drug-likeness (QED) is 0.619. The first-order chi connectivity index (χ1) is 15.0. The van der Waals surface area contributed by atoms with Crippen molar-refractivity contribution in [2.24, 2.45) is 0 Å². The Morgan fingerprint density at radius 1 is 0.903 bits per heavy atom. The number of nitrogens with one attached hydrogen (secondary N) is 2. The molecular weight excluding hydrogens is 396 g/mol. The zero-order valence-corrected chi connectivity index (χ0v) is 16.8. The van der Waals surface area contributed by atoms with Gasteiger partial charge in [-0.15, -0.1) is 0 Å². The van der Waals surface area contributed by atoms with E-state index >= 15 is 0 Å². The fourth-order valence-electron chi connectivity index (χ4n) is 3.28. The van der Waals surface area contributed by atoms with E-state index in [2.05, 4.69) is 10.6 Å². The number of benzene rings is 3. The van der Waals surface area contributed by atoms with E-state index in [0.29, 0.717) is 34.7 Å². The van der Waals surface area contributed by atoms with Crippen LogP contribution in [-0.2, 0) is 16.0 Å². The molecule has 0 saturated heterocycles. The predicted octanol–water partition coefficient (Wildman–Crippen LogP) is 3.67. The van der Waals surface area contributed by atoms with E-state index in [0.717, 1.165) is 5.56 Å². The summed E-state index contributed by atoms with van der Waals surface area (Å²) in [5.74, 6) is -0.503. The Morgan fingerprint density at radius 2 is 1.55 bits per heavy atom. The molecule has 1 atom stereocenters. The molecule has 7 nitrogen and oxygen atoms in total. The average molecular weight is 416 g/mol. The number of rotatable bonds is 5. The summed E-state index contributed by atoms with van der Waals surface area (Å²) < 4.78 is 10.4. The number of methoxy groups -OCH3 is 1. The van der Waals surface area contributed by atoms with Crippen molar-refractivity contribution in [3.8, 4) is 5.75 Å². The Kier molecular flexibility index (Phi) is 5.66. The molecular formula is C24H20N2O5. The molecule has 31 heavy (non-hydrogen) atoms. The zero-order chi connectivity index (χ0) is 21.8. The topological polar surface area (TPSA) is 93.7 Å². The number of cyclic esters (lactones) is 1. The summed E-state index contributed by atoms with van der Waals surface area (Å²) in [7, 11) is 1.57. The van der Waals surface area contributed by atoms with Crippen molar-refractivity contribution in [2.45, 2.75) is 12.5 Å². The second-order valence-corrected chi connectivity index (χ2v) is 7.00. The molecule has 2 N–H and O–H groups in total. The molecule has 1 aliphatic rings. The van der Waals surface area contributed by atoms with Gasteiger partial charge in [0.1, 0.15) is 5.75 Å². The zero-order valence-electron chi connectivity index (χ0n) is 16.8. The van der Waals surface area contributed by atoms with E-state index in [1.165, 1.54) is 0 Å². The first kappa shape index (κ1) is 20.2. The van der Waals surface area contributed by atoms with Crippen LogP contribution in [0.5, 0.6) is 5.75 Å². The third-order valence-electron chi connectivity index (χ3n) is 4.95. The molecule has 0 bridgehead atoms. The largest absolute Gasteiger partial charge is 0.497 e. The van der Waals surface area contributed by atoms with Crippen LogP contribution in [0.3, 0.4) is 0 Å². The van der Waals surface area contributed by atoms with Gasteiger partial charge in [0.05, 0.1) is 12.7 Å². The van der Waals surface area contributed by atoms with Gasteiger partial charge < -0.3 is 20.1 Å². The van der Waals surface area contributed by atoms with E-state index in [9.17, 15) is 14.4 Å². The van der Waals surface area contributed by atoms with Crippen molar-refractivity contribution >= 4 is 29.2 Å². The van der Waals surface area contributed by atoms with E-state index in [1.54, 1.807) is 67.8 Å². The molecule has 0 fully saturated rings. The molecule has 0 saturated carbocycles. The monoisotopic (exact) mass is 416 g/mol. The standard InChI is InChI=1S/C24H20N2O5/c1-30-19-12-10-18(11-13-19)25-22(27)15-6-8-17(9-7-15)26-23(28)21-14-16-4-2-3-5-20(16)24(29)31-21/h2-13,21H,14H2,1H3,(H,25,27)(H,26,28)/t21-/m0/s1. The summed E-state index contributed by atoms with van der Waals surface area (Å²) >= 11 is 0. The Morgan fingerprint density at radius 3 is 2.26 bits per heavy atom. The lowest BCUT2D eigenvalue weighted by Crippen LogP contribution is -2.37. The van der Waals surface area contributed by atoms with E-state index < -0.39 is 18.0 Å². The summed E-state index contributed by atoms with van der Waals surface area (Å²) in [4.78, 5) is 37.1. The highest BCUT2D eigenvalue weighted by Gasteiger charge is 2.31. The molecule has 0 radical (unpaired) electrons. The Hall–Kier alpha value is -4.13. The number of anilines is 2. The fourth-order valence-corrected chi connectivity index (χ4v) is 3.28. The van der Waals surface area contributed by atoms with Crippen molar-refractivity contribution in [1.82, 2.24) is 0 Å². The van der Waals surface area contributed by atoms with E-state index in [4.69, 9.17) is 9.47 Å². The second-order valence-electron chi connectivity index (χ2n) is 7.00.